The fourth-order valence-corrected chi connectivity index (χ4v) is 21.2. The normalized spacial score (nSPS) is 27.8. The van der Waals surface area contributed by atoms with E-state index >= 15 is 0 Å². The molecule has 0 aromatic rings. The molecule has 0 saturated heterocycles. The summed E-state index contributed by atoms with van der Waals surface area (Å²) in [5.41, 5.74) is 0. The SMILES string of the molecule is C.CP1(C)=NP(C)(C)=NP(C)(C)=NP(C)(C)=N1. The highest BCUT2D eigenvalue weighted by Gasteiger charge is 2.20. The van der Waals surface area contributed by atoms with Gasteiger partial charge in [-0.25, -0.2) is 18.1 Å². The first kappa shape index (κ1) is 17.9. The number of rotatable bonds is 0. The number of hydrogen-bond acceptors (Lipinski definition) is 4. The van der Waals surface area contributed by atoms with Crippen LogP contribution in [-0.4, -0.2) is 53.3 Å². The third-order valence-corrected chi connectivity index (χ3v) is 15.8. The predicted octanol–water partition coefficient (Wildman–Crippen LogP) is 6.14. The summed E-state index contributed by atoms with van der Waals surface area (Å²) in [6.07, 6.45) is 0. The van der Waals surface area contributed by atoms with Crippen molar-refractivity contribution in [1.29, 1.82) is 0 Å². The maximum Gasteiger partial charge on any atom is 0.0750 e. The van der Waals surface area contributed by atoms with Gasteiger partial charge in [0.05, 0.1) is 28.8 Å². The standard InChI is InChI=1S/C8H24N4P4.CH4/c1-13(2)9-14(3,4)11-16(7,8)12-15(5,6)10-13;/h1-8H3;1H4. The van der Waals surface area contributed by atoms with Crippen LogP contribution >= 0.6 is 28.8 Å². The Morgan fingerprint density at radius 2 is 0.529 bits per heavy atom. The second-order valence-corrected chi connectivity index (χ2v) is 19.3. The molecule has 0 radical (unpaired) electrons. The van der Waals surface area contributed by atoms with Crippen LogP contribution in [0, 0.1) is 0 Å². The van der Waals surface area contributed by atoms with Crippen LogP contribution in [0.1, 0.15) is 7.43 Å². The minimum atomic E-state index is -1.53. The van der Waals surface area contributed by atoms with Crippen molar-refractivity contribution >= 4 is 28.8 Å². The van der Waals surface area contributed by atoms with Crippen molar-refractivity contribution in [2.45, 2.75) is 7.43 Å². The molecule has 0 amide bonds. The molecule has 0 bridgehead atoms. The molecule has 0 unspecified atom stereocenters. The second-order valence-electron chi connectivity index (χ2n) is 5.70. The highest BCUT2D eigenvalue weighted by atomic mass is 31.3. The zero-order chi connectivity index (χ0) is 12.8. The first-order valence-corrected chi connectivity index (χ1v) is 15.5. The van der Waals surface area contributed by atoms with Gasteiger partial charge in [0.2, 0.25) is 0 Å². The van der Waals surface area contributed by atoms with Crippen molar-refractivity contribution in [1.82, 2.24) is 0 Å². The van der Waals surface area contributed by atoms with Gasteiger partial charge in [-0.05, 0) is 53.3 Å². The molecule has 17 heavy (non-hydrogen) atoms. The molecule has 0 saturated carbocycles. The Labute approximate surface area is 108 Å². The molecular weight excluding hydrogens is 288 g/mol. The molecule has 0 spiro atoms. The van der Waals surface area contributed by atoms with Gasteiger partial charge in [0.25, 0.3) is 0 Å². The van der Waals surface area contributed by atoms with Crippen LogP contribution in [0.2, 0.25) is 0 Å². The average Bonchev–Trinajstić information content (AvgIpc) is 1.67. The van der Waals surface area contributed by atoms with Gasteiger partial charge in [-0.3, -0.25) is 0 Å². The van der Waals surface area contributed by atoms with Crippen LogP contribution in [-0.2, 0) is 0 Å². The van der Waals surface area contributed by atoms with E-state index in [0.717, 1.165) is 0 Å². The predicted molar refractivity (Wildman–Crippen MR) is 91.5 cm³/mol. The van der Waals surface area contributed by atoms with Crippen LogP contribution in [0.15, 0.2) is 18.1 Å². The lowest BCUT2D eigenvalue weighted by molar-refractivity contribution is 1.62. The van der Waals surface area contributed by atoms with Gasteiger partial charge in [-0.1, -0.05) is 7.43 Å². The highest BCUT2D eigenvalue weighted by molar-refractivity contribution is 7.86. The molecule has 0 aromatic heterocycles. The van der Waals surface area contributed by atoms with Gasteiger partial charge in [-0.2, -0.15) is 0 Å². The zero-order valence-corrected chi connectivity index (χ0v) is 15.2. The van der Waals surface area contributed by atoms with Crippen LogP contribution in [0.5, 0.6) is 0 Å². The minimum Gasteiger partial charge on any atom is -0.242 e. The highest BCUT2D eigenvalue weighted by Crippen LogP contribution is 2.71. The van der Waals surface area contributed by atoms with Crippen LogP contribution in [0.25, 0.3) is 0 Å². The summed E-state index contributed by atoms with van der Waals surface area (Å²) in [4.78, 5) is 0. The van der Waals surface area contributed by atoms with Gasteiger partial charge in [0.15, 0.2) is 0 Å². The fourth-order valence-electron chi connectivity index (χ4n) is 2.21. The third kappa shape index (κ3) is 6.07. The van der Waals surface area contributed by atoms with E-state index in [-0.39, 0.29) is 7.43 Å². The number of nitrogens with zero attached hydrogens (tertiary/aromatic N) is 4. The van der Waals surface area contributed by atoms with Crippen molar-refractivity contribution in [3.63, 3.8) is 0 Å². The van der Waals surface area contributed by atoms with Crippen LogP contribution in [0.3, 0.4) is 0 Å². The molecule has 104 valence electrons. The Morgan fingerprint density at radius 1 is 0.412 bits per heavy atom. The van der Waals surface area contributed by atoms with Crippen LogP contribution < -0.4 is 0 Å². The van der Waals surface area contributed by atoms with Crippen molar-refractivity contribution in [2.24, 2.45) is 18.1 Å². The molecule has 8 heteroatoms. The van der Waals surface area contributed by atoms with E-state index in [0.29, 0.717) is 0 Å². The van der Waals surface area contributed by atoms with E-state index < -0.39 is 28.8 Å². The van der Waals surface area contributed by atoms with E-state index in [1.165, 1.54) is 0 Å². The van der Waals surface area contributed by atoms with Crippen molar-refractivity contribution in [3.05, 3.63) is 0 Å². The van der Waals surface area contributed by atoms with E-state index in [9.17, 15) is 0 Å². The molecule has 0 N–H and O–H groups in total. The third-order valence-electron chi connectivity index (χ3n) is 1.75. The second kappa shape index (κ2) is 5.13. The van der Waals surface area contributed by atoms with Crippen LogP contribution in [0.4, 0.5) is 0 Å². The zero-order valence-electron chi connectivity index (χ0n) is 11.6. The first-order chi connectivity index (χ1) is 6.83. The first-order valence-electron chi connectivity index (χ1n) is 5.18. The quantitative estimate of drug-likeness (QED) is 0.482. The van der Waals surface area contributed by atoms with Gasteiger partial charge in [0.1, 0.15) is 0 Å². The Bertz CT molecular complexity index is 387. The molecule has 1 heterocycles. The molecule has 0 aromatic carbocycles. The summed E-state index contributed by atoms with van der Waals surface area (Å²) in [5, 5.41) is 0. The fraction of sp³-hybridized carbons (Fsp3) is 1.00. The lowest BCUT2D eigenvalue weighted by Crippen LogP contribution is -1.82. The molecule has 1 rings (SSSR count). The summed E-state index contributed by atoms with van der Waals surface area (Å²) in [5.74, 6) is 0. The number of hydrogen-bond donors (Lipinski definition) is 0. The summed E-state index contributed by atoms with van der Waals surface area (Å²) in [6.45, 7) is 17.4. The molecular formula is C9H28N4P4. The van der Waals surface area contributed by atoms with E-state index in [1.54, 1.807) is 0 Å². The monoisotopic (exact) mass is 316 g/mol. The Kier molecular flexibility index (Phi) is 5.40. The van der Waals surface area contributed by atoms with Gasteiger partial charge >= 0.3 is 0 Å². The average molecular weight is 316 g/mol. The minimum absolute atomic E-state index is 0. The van der Waals surface area contributed by atoms with E-state index in [4.69, 9.17) is 18.1 Å². The topological polar surface area (TPSA) is 49.4 Å². The lowest BCUT2D eigenvalue weighted by atomic mass is 11.9. The maximum absolute atomic E-state index is 4.98. The summed E-state index contributed by atoms with van der Waals surface area (Å²) in [6, 6.07) is 0. The smallest absolute Gasteiger partial charge is 0.0750 e. The largest absolute Gasteiger partial charge is 0.242 e. The molecule has 0 aliphatic carbocycles. The van der Waals surface area contributed by atoms with E-state index in [2.05, 4.69) is 53.3 Å². The Balaban J connectivity index is 0.00000256. The van der Waals surface area contributed by atoms with Crippen molar-refractivity contribution < 1.29 is 0 Å². The summed E-state index contributed by atoms with van der Waals surface area (Å²) in [7, 11) is -6.11. The Hall–Kier alpha value is 0.920. The molecule has 0 fully saturated rings. The summed E-state index contributed by atoms with van der Waals surface area (Å²) < 4.78 is 19.9. The van der Waals surface area contributed by atoms with E-state index in [1.807, 2.05) is 0 Å². The molecule has 1 aliphatic heterocycles. The Morgan fingerprint density at radius 3 is 0.647 bits per heavy atom. The van der Waals surface area contributed by atoms with Gasteiger partial charge < -0.3 is 0 Å². The van der Waals surface area contributed by atoms with Crippen molar-refractivity contribution in [3.8, 4) is 0 Å². The maximum atomic E-state index is 4.98. The molecule has 0 atom stereocenters. The lowest BCUT2D eigenvalue weighted by Gasteiger charge is -2.26. The molecule has 1 aliphatic rings. The van der Waals surface area contributed by atoms with Crippen molar-refractivity contribution in [2.75, 3.05) is 53.3 Å². The van der Waals surface area contributed by atoms with Gasteiger partial charge in [0, 0.05) is 0 Å². The molecule has 4 nitrogen and oxygen atoms in total. The van der Waals surface area contributed by atoms with Gasteiger partial charge in [-0.15, -0.1) is 0 Å². The summed E-state index contributed by atoms with van der Waals surface area (Å²) >= 11 is 0.